The molecule has 1 fully saturated rings. The van der Waals surface area contributed by atoms with Crippen LogP contribution in [0.3, 0.4) is 0 Å². The van der Waals surface area contributed by atoms with Crippen molar-refractivity contribution in [1.82, 2.24) is 9.88 Å². The summed E-state index contributed by atoms with van der Waals surface area (Å²) >= 11 is 1.05. The second-order valence-corrected chi connectivity index (χ2v) is 11.2. The number of carbonyl (C=O) groups excluding carboxylic acids is 2. The molecule has 2 aromatic rings. The van der Waals surface area contributed by atoms with Crippen molar-refractivity contribution in [2.45, 2.75) is 51.6 Å². The Bertz CT molecular complexity index is 1230. The van der Waals surface area contributed by atoms with Crippen LogP contribution >= 0.6 is 11.3 Å². The van der Waals surface area contributed by atoms with Crippen molar-refractivity contribution in [3.8, 4) is 0 Å². The Morgan fingerprint density at radius 3 is 2.68 bits per heavy atom. The highest BCUT2D eigenvalue weighted by Crippen LogP contribution is 2.23. The number of nitro groups is 1. The molecule has 0 saturated heterocycles. The average molecular weight is 513 g/mol. The Balaban J connectivity index is 1.78. The first kappa shape index (κ1) is 26.0. The first-order valence-electron chi connectivity index (χ1n) is 11.1. The Hall–Kier alpha value is -2.64. The fourth-order valence-corrected chi connectivity index (χ4v) is 6.00. The predicted molar refractivity (Wildman–Crippen MR) is 127 cm³/mol. The van der Waals surface area contributed by atoms with Crippen molar-refractivity contribution in [3.63, 3.8) is 0 Å². The highest BCUT2D eigenvalue weighted by molar-refractivity contribution is 7.92. The van der Waals surface area contributed by atoms with Crippen molar-refractivity contribution < 1.29 is 27.7 Å². The summed E-state index contributed by atoms with van der Waals surface area (Å²) in [6, 6.07) is 4.27. The molecule has 1 aliphatic rings. The van der Waals surface area contributed by atoms with E-state index in [1.165, 1.54) is 12.1 Å². The minimum atomic E-state index is -4.01. The van der Waals surface area contributed by atoms with Crippen LogP contribution in [0.2, 0.25) is 0 Å². The van der Waals surface area contributed by atoms with Gasteiger partial charge in [-0.05, 0) is 25.8 Å². The largest absolute Gasteiger partial charge is 0.380 e. The van der Waals surface area contributed by atoms with Gasteiger partial charge in [0.25, 0.3) is 11.6 Å². The normalized spacial score (nSPS) is 15.5. The molecule has 0 spiro atoms. The molecule has 1 heterocycles. The number of nitrogens with zero attached hydrogens (tertiary/aromatic N) is 3. The number of sulfone groups is 1. The number of amides is 2. The number of hydrogen-bond donors (Lipinski definition) is 1. The van der Waals surface area contributed by atoms with Crippen molar-refractivity contribution in [1.29, 1.82) is 0 Å². The summed E-state index contributed by atoms with van der Waals surface area (Å²) in [5.74, 6) is -3.18. The van der Waals surface area contributed by atoms with Gasteiger partial charge in [-0.1, -0.05) is 30.6 Å². The minimum Gasteiger partial charge on any atom is -0.380 e. The van der Waals surface area contributed by atoms with Gasteiger partial charge in [0.1, 0.15) is 11.5 Å². The van der Waals surface area contributed by atoms with E-state index in [0.29, 0.717) is 30.0 Å². The third kappa shape index (κ3) is 7.18. The quantitative estimate of drug-likeness (QED) is 0.290. The van der Waals surface area contributed by atoms with Crippen molar-refractivity contribution in [2.24, 2.45) is 4.99 Å². The summed E-state index contributed by atoms with van der Waals surface area (Å²) in [4.78, 5) is 39.4. The minimum absolute atomic E-state index is 0.0243. The van der Waals surface area contributed by atoms with E-state index in [4.69, 9.17) is 4.74 Å². The zero-order chi connectivity index (χ0) is 24.7. The first-order valence-corrected chi connectivity index (χ1v) is 13.7. The number of ether oxygens (including phenoxy) is 1. The molecular formula is C21H28N4O7S2. The lowest BCUT2D eigenvalue weighted by atomic mass is 9.95. The van der Waals surface area contributed by atoms with Crippen LogP contribution < -0.4 is 10.1 Å². The van der Waals surface area contributed by atoms with Gasteiger partial charge in [0, 0.05) is 31.3 Å². The molecule has 1 aromatic carbocycles. The number of nitrogens with one attached hydrogen (secondary N) is 1. The van der Waals surface area contributed by atoms with Crippen LogP contribution in [0.15, 0.2) is 23.2 Å². The smallest absolute Gasteiger partial charge is 0.270 e. The summed E-state index contributed by atoms with van der Waals surface area (Å²) in [6.45, 7) is 2.97. The molecule has 34 heavy (non-hydrogen) atoms. The number of rotatable bonds is 10. The van der Waals surface area contributed by atoms with Crippen LogP contribution in [0.4, 0.5) is 5.69 Å². The maximum absolute atomic E-state index is 12.5. The number of thiazole rings is 1. The zero-order valence-corrected chi connectivity index (χ0v) is 20.5. The van der Waals surface area contributed by atoms with E-state index < -0.39 is 38.1 Å². The van der Waals surface area contributed by atoms with Gasteiger partial charge in [0.05, 0.1) is 21.7 Å². The zero-order valence-electron chi connectivity index (χ0n) is 18.9. The molecule has 13 heteroatoms. The summed E-state index contributed by atoms with van der Waals surface area (Å²) < 4.78 is 32.4. The third-order valence-electron chi connectivity index (χ3n) is 5.43. The van der Waals surface area contributed by atoms with Crippen LogP contribution in [0.5, 0.6) is 0 Å². The van der Waals surface area contributed by atoms with Crippen molar-refractivity contribution in [2.75, 3.05) is 24.7 Å². The summed E-state index contributed by atoms with van der Waals surface area (Å²) in [5, 5.41) is 13.8. The molecule has 1 N–H and O–H groups in total. The van der Waals surface area contributed by atoms with Crippen LogP contribution in [-0.2, 0) is 30.7 Å². The number of aromatic nitrogens is 1. The molecule has 1 aliphatic carbocycles. The predicted octanol–water partition coefficient (Wildman–Crippen LogP) is 1.94. The third-order valence-corrected chi connectivity index (χ3v) is 7.86. The van der Waals surface area contributed by atoms with Crippen LogP contribution in [0.25, 0.3) is 10.2 Å². The van der Waals surface area contributed by atoms with Crippen LogP contribution in [0.1, 0.15) is 39.0 Å². The molecule has 2 amide bonds. The van der Waals surface area contributed by atoms with Gasteiger partial charge >= 0.3 is 0 Å². The average Bonchev–Trinajstić information content (AvgIpc) is 3.09. The number of benzene rings is 1. The van der Waals surface area contributed by atoms with Gasteiger partial charge < -0.3 is 14.6 Å². The second-order valence-electron chi connectivity index (χ2n) is 8.08. The van der Waals surface area contributed by atoms with Gasteiger partial charge in [-0.25, -0.2) is 8.42 Å². The van der Waals surface area contributed by atoms with Gasteiger partial charge in [-0.3, -0.25) is 19.7 Å². The van der Waals surface area contributed by atoms with Gasteiger partial charge in [0.15, 0.2) is 14.6 Å². The molecule has 3 rings (SSSR count). The highest BCUT2D eigenvalue weighted by atomic mass is 32.2. The maximum atomic E-state index is 12.5. The number of hydrogen-bond acceptors (Lipinski definition) is 8. The van der Waals surface area contributed by atoms with E-state index in [1.807, 2.05) is 6.92 Å². The molecular weight excluding hydrogens is 484 g/mol. The van der Waals surface area contributed by atoms with E-state index in [1.54, 1.807) is 10.6 Å². The van der Waals surface area contributed by atoms with E-state index in [2.05, 4.69) is 10.3 Å². The lowest BCUT2D eigenvalue weighted by Crippen LogP contribution is -2.40. The van der Waals surface area contributed by atoms with E-state index in [0.717, 1.165) is 43.4 Å². The molecule has 1 aromatic heterocycles. The van der Waals surface area contributed by atoms with E-state index in [9.17, 15) is 28.1 Å². The van der Waals surface area contributed by atoms with Gasteiger partial charge in [-0.15, -0.1) is 0 Å². The van der Waals surface area contributed by atoms with Crippen LogP contribution in [0, 0.1) is 10.1 Å². The number of non-ortho nitro benzene ring substituents is 1. The highest BCUT2D eigenvalue weighted by Gasteiger charge is 2.23. The maximum Gasteiger partial charge on any atom is 0.270 e. The SMILES string of the molecule is CCOCCn1c(=NC(=O)CS(=O)(=O)CC(=O)NC2CCCCC2)sc2cc([N+](=O)[O-])ccc21. The van der Waals surface area contributed by atoms with Crippen LogP contribution in [-0.4, -0.2) is 60.5 Å². The monoisotopic (exact) mass is 512 g/mol. The van der Waals surface area contributed by atoms with E-state index >= 15 is 0 Å². The molecule has 11 nitrogen and oxygen atoms in total. The Kier molecular flexibility index (Phi) is 8.91. The molecule has 0 atom stereocenters. The fourth-order valence-electron chi connectivity index (χ4n) is 3.87. The Morgan fingerprint density at radius 1 is 1.26 bits per heavy atom. The second kappa shape index (κ2) is 11.7. The molecule has 0 radical (unpaired) electrons. The topological polar surface area (TPSA) is 150 Å². The number of carbonyl (C=O) groups is 2. The summed E-state index contributed by atoms with van der Waals surface area (Å²) in [7, 11) is -4.01. The molecule has 186 valence electrons. The summed E-state index contributed by atoms with van der Waals surface area (Å²) in [5.41, 5.74) is 0.520. The lowest BCUT2D eigenvalue weighted by molar-refractivity contribution is -0.384. The van der Waals surface area contributed by atoms with Crippen molar-refractivity contribution >= 4 is 48.9 Å². The number of nitro benzene ring substituents is 1. The Morgan fingerprint density at radius 2 is 2.00 bits per heavy atom. The standard InChI is InChI=1S/C21H28N4O7S2/c1-2-32-11-10-24-17-9-8-16(25(28)29)12-18(17)33-21(24)23-20(27)14-34(30,31)13-19(26)22-15-6-4-3-5-7-15/h8-9,12,15H,2-7,10-11,13-14H2,1H3,(H,22,26). The molecule has 0 unspecified atom stereocenters. The molecule has 1 saturated carbocycles. The fraction of sp³-hybridized carbons (Fsp3) is 0.571. The number of fused-ring (bicyclic) bond motifs is 1. The summed E-state index contributed by atoms with van der Waals surface area (Å²) in [6.07, 6.45) is 4.75. The van der Waals surface area contributed by atoms with Crippen molar-refractivity contribution in [3.05, 3.63) is 33.1 Å². The van der Waals surface area contributed by atoms with Gasteiger partial charge in [-0.2, -0.15) is 4.99 Å². The van der Waals surface area contributed by atoms with Gasteiger partial charge in [0.2, 0.25) is 5.91 Å². The lowest BCUT2D eigenvalue weighted by Gasteiger charge is -2.22. The molecule has 0 aliphatic heterocycles. The van der Waals surface area contributed by atoms with E-state index in [-0.39, 0.29) is 16.5 Å². The molecule has 0 bridgehead atoms. The first-order chi connectivity index (χ1) is 16.2. The Labute approximate surface area is 200 Å².